The van der Waals surface area contributed by atoms with Gasteiger partial charge in [0.2, 0.25) is 0 Å². The number of nitrogens with one attached hydrogen (secondary N) is 1. The van der Waals surface area contributed by atoms with Gasteiger partial charge < -0.3 is 10.1 Å². The molecule has 1 fully saturated rings. The molecule has 0 spiro atoms. The summed E-state index contributed by atoms with van der Waals surface area (Å²) in [6.45, 7) is 8.43. The van der Waals surface area contributed by atoms with E-state index in [4.69, 9.17) is 4.74 Å². The van der Waals surface area contributed by atoms with Crippen LogP contribution in [0, 0.1) is 0 Å². The lowest BCUT2D eigenvalue weighted by atomic mass is 10.1. The van der Waals surface area contributed by atoms with Gasteiger partial charge in [0.25, 0.3) is 0 Å². The molecule has 0 bridgehead atoms. The summed E-state index contributed by atoms with van der Waals surface area (Å²) in [5.74, 6) is 0.963. The van der Waals surface area contributed by atoms with Gasteiger partial charge in [-0.2, -0.15) is 0 Å². The molecule has 4 heteroatoms. The van der Waals surface area contributed by atoms with Crippen molar-refractivity contribution in [1.29, 1.82) is 0 Å². The van der Waals surface area contributed by atoms with Gasteiger partial charge in [0.1, 0.15) is 12.4 Å². The molecular formula is C18H25ClN2O. The van der Waals surface area contributed by atoms with Gasteiger partial charge in [0.05, 0.1) is 0 Å². The summed E-state index contributed by atoms with van der Waals surface area (Å²) in [4.78, 5) is 2.48. The van der Waals surface area contributed by atoms with Gasteiger partial charge >= 0.3 is 0 Å². The zero-order chi connectivity index (χ0) is 14.7. The summed E-state index contributed by atoms with van der Waals surface area (Å²) in [5.41, 5.74) is 0. The van der Waals surface area contributed by atoms with Crippen molar-refractivity contribution >= 4 is 23.2 Å². The lowest BCUT2D eigenvalue weighted by molar-refractivity contribution is 0.146. The summed E-state index contributed by atoms with van der Waals surface area (Å²) in [7, 11) is 0. The van der Waals surface area contributed by atoms with Crippen LogP contribution in [0.2, 0.25) is 0 Å². The summed E-state index contributed by atoms with van der Waals surface area (Å²) in [5, 5.41) is 6.05. The molecule has 2 aromatic carbocycles. The van der Waals surface area contributed by atoms with E-state index in [0.717, 1.165) is 32.0 Å². The Morgan fingerprint density at radius 3 is 2.45 bits per heavy atom. The van der Waals surface area contributed by atoms with Crippen LogP contribution >= 0.6 is 12.4 Å². The van der Waals surface area contributed by atoms with E-state index < -0.39 is 0 Å². The molecule has 2 unspecified atom stereocenters. The SMILES string of the molecule is CC1CN(CCOc2ccc3ccccc3c2)CC(C)N1.Cl. The van der Waals surface area contributed by atoms with E-state index in [0.29, 0.717) is 12.1 Å². The predicted molar refractivity (Wildman–Crippen MR) is 95.2 cm³/mol. The van der Waals surface area contributed by atoms with Crippen LogP contribution < -0.4 is 10.1 Å². The summed E-state index contributed by atoms with van der Waals surface area (Å²) in [6.07, 6.45) is 0. The molecule has 1 saturated heterocycles. The minimum Gasteiger partial charge on any atom is -0.492 e. The Kier molecular flexibility index (Phi) is 6.07. The first kappa shape index (κ1) is 17.1. The normalized spacial score (nSPS) is 22.3. The number of hydrogen-bond acceptors (Lipinski definition) is 3. The Morgan fingerprint density at radius 2 is 1.73 bits per heavy atom. The van der Waals surface area contributed by atoms with E-state index in [9.17, 15) is 0 Å². The van der Waals surface area contributed by atoms with Crippen molar-refractivity contribution in [3.05, 3.63) is 42.5 Å². The number of fused-ring (bicyclic) bond motifs is 1. The maximum atomic E-state index is 5.93. The molecule has 2 atom stereocenters. The van der Waals surface area contributed by atoms with Crippen molar-refractivity contribution in [2.75, 3.05) is 26.2 Å². The summed E-state index contributed by atoms with van der Waals surface area (Å²) in [6, 6.07) is 15.8. The maximum Gasteiger partial charge on any atom is 0.120 e. The van der Waals surface area contributed by atoms with Crippen LogP contribution in [-0.2, 0) is 0 Å². The molecule has 0 aromatic heterocycles. The third-order valence-corrected chi connectivity index (χ3v) is 4.03. The number of ether oxygens (including phenoxy) is 1. The maximum absolute atomic E-state index is 5.93. The number of halogens is 1. The lowest BCUT2D eigenvalue weighted by Gasteiger charge is -2.35. The third kappa shape index (κ3) is 4.35. The molecule has 1 heterocycles. The van der Waals surface area contributed by atoms with E-state index in [1.165, 1.54) is 10.8 Å². The van der Waals surface area contributed by atoms with Crippen LogP contribution in [0.5, 0.6) is 5.75 Å². The smallest absolute Gasteiger partial charge is 0.120 e. The minimum absolute atomic E-state index is 0. The average Bonchev–Trinajstić information content (AvgIpc) is 2.46. The van der Waals surface area contributed by atoms with E-state index >= 15 is 0 Å². The molecule has 1 aliphatic rings. The fourth-order valence-electron chi connectivity index (χ4n) is 3.17. The first-order valence-electron chi connectivity index (χ1n) is 7.81. The van der Waals surface area contributed by atoms with Crippen molar-refractivity contribution in [2.24, 2.45) is 0 Å². The van der Waals surface area contributed by atoms with E-state index in [1.807, 2.05) is 0 Å². The van der Waals surface area contributed by atoms with Gasteiger partial charge in [-0.25, -0.2) is 0 Å². The van der Waals surface area contributed by atoms with Crippen molar-refractivity contribution in [3.8, 4) is 5.75 Å². The average molecular weight is 321 g/mol. The quantitative estimate of drug-likeness (QED) is 0.935. The Balaban J connectivity index is 0.00000176. The number of hydrogen-bond donors (Lipinski definition) is 1. The first-order chi connectivity index (χ1) is 10.2. The van der Waals surface area contributed by atoms with Crippen molar-refractivity contribution < 1.29 is 4.74 Å². The molecule has 22 heavy (non-hydrogen) atoms. The minimum atomic E-state index is 0. The Morgan fingerprint density at radius 1 is 1.05 bits per heavy atom. The molecule has 1 aliphatic heterocycles. The van der Waals surface area contributed by atoms with Gasteiger partial charge in [0.15, 0.2) is 0 Å². The van der Waals surface area contributed by atoms with Crippen molar-refractivity contribution in [1.82, 2.24) is 10.2 Å². The molecule has 3 nitrogen and oxygen atoms in total. The Labute approximate surface area is 139 Å². The number of nitrogens with zero attached hydrogens (tertiary/aromatic N) is 1. The van der Waals surface area contributed by atoms with Gasteiger partial charge in [0, 0.05) is 31.7 Å². The molecule has 0 saturated carbocycles. The van der Waals surface area contributed by atoms with E-state index in [-0.39, 0.29) is 12.4 Å². The third-order valence-electron chi connectivity index (χ3n) is 4.03. The van der Waals surface area contributed by atoms with Gasteiger partial charge in [-0.05, 0) is 36.8 Å². The predicted octanol–water partition coefficient (Wildman–Crippen LogP) is 3.32. The molecule has 2 aromatic rings. The number of rotatable bonds is 4. The van der Waals surface area contributed by atoms with Crippen LogP contribution in [0.15, 0.2) is 42.5 Å². The topological polar surface area (TPSA) is 24.5 Å². The fraction of sp³-hybridized carbons (Fsp3) is 0.444. The Hall–Kier alpha value is -1.29. The monoisotopic (exact) mass is 320 g/mol. The highest BCUT2D eigenvalue weighted by Crippen LogP contribution is 2.20. The molecule has 0 amide bonds. The van der Waals surface area contributed by atoms with Crippen molar-refractivity contribution in [3.63, 3.8) is 0 Å². The summed E-state index contributed by atoms with van der Waals surface area (Å²) < 4.78 is 5.93. The summed E-state index contributed by atoms with van der Waals surface area (Å²) >= 11 is 0. The highest BCUT2D eigenvalue weighted by molar-refractivity contribution is 5.85. The van der Waals surface area contributed by atoms with Crippen molar-refractivity contribution in [2.45, 2.75) is 25.9 Å². The zero-order valence-electron chi connectivity index (χ0n) is 13.3. The second kappa shape index (κ2) is 7.82. The van der Waals surface area contributed by atoms with Crippen LogP contribution in [0.1, 0.15) is 13.8 Å². The fourth-order valence-corrected chi connectivity index (χ4v) is 3.17. The molecular weight excluding hydrogens is 296 g/mol. The van der Waals surface area contributed by atoms with Crippen LogP contribution in [-0.4, -0.2) is 43.2 Å². The van der Waals surface area contributed by atoms with Gasteiger partial charge in [-0.1, -0.05) is 30.3 Å². The molecule has 1 N–H and O–H groups in total. The number of piperazine rings is 1. The molecule has 120 valence electrons. The standard InChI is InChI=1S/C18H24N2O.ClH/c1-14-12-20(13-15(2)19-14)9-10-21-18-8-7-16-5-3-4-6-17(16)11-18;/h3-8,11,14-15,19H,9-10,12-13H2,1-2H3;1H. The first-order valence-corrected chi connectivity index (χ1v) is 7.81. The van der Waals surface area contributed by atoms with Crippen LogP contribution in [0.4, 0.5) is 0 Å². The van der Waals surface area contributed by atoms with Gasteiger partial charge in [-0.3, -0.25) is 4.90 Å². The number of benzene rings is 2. The molecule has 3 rings (SSSR count). The van der Waals surface area contributed by atoms with Gasteiger partial charge in [-0.15, -0.1) is 12.4 Å². The molecule has 0 radical (unpaired) electrons. The molecule has 0 aliphatic carbocycles. The second-order valence-electron chi connectivity index (χ2n) is 6.09. The van der Waals surface area contributed by atoms with Crippen LogP contribution in [0.3, 0.4) is 0 Å². The zero-order valence-corrected chi connectivity index (χ0v) is 14.1. The largest absolute Gasteiger partial charge is 0.492 e. The van der Waals surface area contributed by atoms with E-state index in [1.54, 1.807) is 0 Å². The highest BCUT2D eigenvalue weighted by Gasteiger charge is 2.20. The highest BCUT2D eigenvalue weighted by atomic mass is 35.5. The van der Waals surface area contributed by atoms with E-state index in [2.05, 4.69) is 66.5 Å². The lowest BCUT2D eigenvalue weighted by Crippen LogP contribution is -2.54. The Bertz CT molecular complexity index is 594. The van der Waals surface area contributed by atoms with Crippen LogP contribution in [0.25, 0.3) is 10.8 Å². The second-order valence-corrected chi connectivity index (χ2v) is 6.09.